The SMILES string of the molecule is CNCC1CCN(S(=O)(=O)c2c(Cl)cccc2C(F)(F)F)C1. The van der Waals surface area contributed by atoms with Crippen LogP contribution in [0.25, 0.3) is 0 Å². The highest BCUT2D eigenvalue weighted by molar-refractivity contribution is 7.89. The van der Waals surface area contributed by atoms with Crippen molar-refractivity contribution in [1.82, 2.24) is 9.62 Å². The summed E-state index contributed by atoms with van der Waals surface area (Å²) in [5.74, 6) is 0.0802. The van der Waals surface area contributed by atoms with E-state index in [2.05, 4.69) is 5.32 Å². The van der Waals surface area contributed by atoms with Crippen molar-refractivity contribution in [3.63, 3.8) is 0 Å². The fourth-order valence-electron chi connectivity index (χ4n) is 2.59. The van der Waals surface area contributed by atoms with Crippen LogP contribution in [0, 0.1) is 5.92 Å². The summed E-state index contributed by atoms with van der Waals surface area (Å²) >= 11 is 5.78. The van der Waals surface area contributed by atoms with E-state index in [0.29, 0.717) is 13.0 Å². The van der Waals surface area contributed by atoms with E-state index in [4.69, 9.17) is 11.6 Å². The molecule has 0 spiro atoms. The van der Waals surface area contributed by atoms with Crippen LogP contribution >= 0.6 is 11.6 Å². The molecule has 1 fully saturated rings. The Morgan fingerprint density at radius 3 is 2.68 bits per heavy atom. The Morgan fingerprint density at radius 1 is 1.41 bits per heavy atom. The maximum Gasteiger partial charge on any atom is 0.417 e. The fraction of sp³-hybridized carbons (Fsp3) is 0.538. The van der Waals surface area contributed by atoms with E-state index >= 15 is 0 Å². The van der Waals surface area contributed by atoms with Crippen LogP contribution in [0.5, 0.6) is 0 Å². The van der Waals surface area contributed by atoms with Gasteiger partial charge in [0.1, 0.15) is 4.90 Å². The summed E-state index contributed by atoms with van der Waals surface area (Å²) in [6, 6.07) is 2.99. The summed E-state index contributed by atoms with van der Waals surface area (Å²) in [6.45, 7) is 0.990. The molecule has 9 heteroatoms. The van der Waals surface area contributed by atoms with Gasteiger partial charge in [-0.1, -0.05) is 17.7 Å². The van der Waals surface area contributed by atoms with Gasteiger partial charge in [0.15, 0.2) is 0 Å². The molecule has 0 saturated carbocycles. The Morgan fingerprint density at radius 2 is 2.09 bits per heavy atom. The Labute approximate surface area is 132 Å². The van der Waals surface area contributed by atoms with Crippen molar-refractivity contribution in [1.29, 1.82) is 0 Å². The molecule has 4 nitrogen and oxygen atoms in total. The van der Waals surface area contributed by atoms with E-state index in [1.54, 1.807) is 7.05 Å². The highest BCUT2D eigenvalue weighted by Gasteiger charge is 2.42. The molecular formula is C13H16ClF3N2O2S. The Balaban J connectivity index is 2.43. The molecule has 2 rings (SSSR count). The number of nitrogens with one attached hydrogen (secondary N) is 1. The van der Waals surface area contributed by atoms with Crippen molar-refractivity contribution in [3.05, 3.63) is 28.8 Å². The molecule has 1 aromatic rings. The van der Waals surface area contributed by atoms with Crippen molar-refractivity contribution >= 4 is 21.6 Å². The lowest BCUT2D eigenvalue weighted by Crippen LogP contribution is -2.32. The molecular weight excluding hydrogens is 341 g/mol. The van der Waals surface area contributed by atoms with Crippen LogP contribution in [0.3, 0.4) is 0 Å². The van der Waals surface area contributed by atoms with Gasteiger partial charge in [0.25, 0.3) is 0 Å². The van der Waals surface area contributed by atoms with Crippen molar-refractivity contribution in [2.24, 2.45) is 5.92 Å². The number of nitrogens with zero attached hydrogens (tertiary/aromatic N) is 1. The van der Waals surface area contributed by atoms with Gasteiger partial charge < -0.3 is 5.32 Å². The Kier molecular flexibility index (Phi) is 5.06. The zero-order valence-corrected chi connectivity index (χ0v) is 13.4. The highest BCUT2D eigenvalue weighted by atomic mass is 35.5. The minimum Gasteiger partial charge on any atom is -0.319 e. The topological polar surface area (TPSA) is 49.4 Å². The molecule has 0 bridgehead atoms. The third-order valence-electron chi connectivity index (χ3n) is 3.61. The predicted molar refractivity (Wildman–Crippen MR) is 77.2 cm³/mol. The van der Waals surface area contributed by atoms with Crippen LogP contribution < -0.4 is 5.32 Å². The monoisotopic (exact) mass is 356 g/mol. The van der Waals surface area contributed by atoms with Crippen LogP contribution in [0.15, 0.2) is 23.1 Å². The maximum atomic E-state index is 13.1. The predicted octanol–water partition coefficient (Wildman–Crippen LogP) is 2.59. The van der Waals surface area contributed by atoms with Gasteiger partial charge in [0.2, 0.25) is 10.0 Å². The van der Waals surface area contributed by atoms with Gasteiger partial charge in [-0.25, -0.2) is 8.42 Å². The van der Waals surface area contributed by atoms with Crippen LogP contribution in [0.1, 0.15) is 12.0 Å². The quantitative estimate of drug-likeness (QED) is 0.902. The number of hydrogen-bond donors (Lipinski definition) is 1. The average molecular weight is 357 g/mol. The Bertz CT molecular complexity index is 649. The van der Waals surface area contributed by atoms with Crippen molar-refractivity contribution < 1.29 is 21.6 Å². The number of hydrogen-bond acceptors (Lipinski definition) is 3. The van der Waals surface area contributed by atoms with E-state index in [0.717, 1.165) is 22.5 Å². The number of rotatable bonds is 4. The number of halogens is 4. The molecule has 1 aliphatic heterocycles. The third kappa shape index (κ3) is 3.40. The van der Waals surface area contributed by atoms with E-state index in [1.165, 1.54) is 0 Å². The van der Waals surface area contributed by atoms with Crippen LogP contribution in [0.2, 0.25) is 5.02 Å². The second-order valence-corrected chi connectivity index (χ2v) is 7.47. The van der Waals surface area contributed by atoms with Crippen molar-refractivity contribution in [3.8, 4) is 0 Å². The van der Waals surface area contributed by atoms with Crippen LogP contribution in [-0.4, -0.2) is 39.4 Å². The molecule has 0 radical (unpaired) electrons. The lowest BCUT2D eigenvalue weighted by Gasteiger charge is -2.21. The van der Waals surface area contributed by atoms with Gasteiger partial charge in [-0.2, -0.15) is 17.5 Å². The first-order valence-electron chi connectivity index (χ1n) is 6.68. The highest BCUT2D eigenvalue weighted by Crippen LogP contribution is 2.39. The molecule has 124 valence electrons. The van der Waals surface area contributed by atoms with Gasteiger partial charge in [-0.05, 0) is 38.1 Å². The lowest BCUT2D eigenvalue weighted by molar-refractivity contribution is -0.139. The van der Waals surface area contributed by atoms with Gasteiger partial charge >= 0.3 is 6.18 Å². The lowest BCUT2D eigenvalue weighted by atomic mass is 10.1. The number of sulfonamides is 1. The van der Waals surface area contributed by atoms with E-state index in [9.17, 15) is 21.6 Å². The number of alkyl halides is 3. The molecule has 22 heavy (non-hydrogen) atoms. The van der Waals surface area contributed by atoms with E-state index in [-0.39, 0.29) is 19.0 Å². The summed E-state index contributed by atoms with van der Waals surface area (Å²) in [4.78, 5) is -0.853. The summed E-state index contributed by atoms with van der Waals surface area (Å²) < 4.78 is 65.5. The zero-order valence-electron chi connectivity index (χ0n) is 11.8. The second-order valence-electron chi connectivity index (χ2n) is 5.19. The normalized spacial score (nSPS) is 20.5. The molecule has 1 saturated heterocycles. The molecule has 1 unspecified atom stereocenters. The van der Waals surface area contributed by atoms with Gasteiger partial charge in [0.05, 0.1) is 10.6 Å². The summed E-state index contributed by atoms with van der Waals surface area (Å²) in [5, 5.41) is 2.53. The molecule has 1 aliphatic rings. The largest absolute Gasteiger partial charge is 0.417 e. The first-order valence-corrected chi connectivity index (χ1v) is 8.50. The number of benzene rings is 1. The first-order chi connectivity index (χ1) is 10.2. The average Bonchev–Trinajstić information content (AvgIpc) is 2.87. The van der Waals surface area contributed by atoms with Crippen molar-refractivity contribution in [2.75, 3.05) is 26.7 Å². The van der Waals surface area contributed by atoms with Gasteiger partial charge in [-0.15, -0.1) is 0 Å². The zero-order chi connectivity index (χ0) is 16.5. The summed E-state index contributed by atoms with van der Waals surface area (Å²) in [6.07, 6.45) is -4.18. The maximum absolute atomic E-state index is 13.1. The molecule has 1 heterocycles. The van der Waals surface area contributed by atoms with Gasteiger partial charge in [0, 0.05) is 13.1 Å². The molecule has 1 N–H and O–H groups in total. The molecule has 0 aromatic heterocycles. The molecule has 0 aliphatic carbocycles. The smallest absolute Gasteiger partial charge is 0.319 e. The van der Waals surface area contributed by atoms with Gasteiger partial charge in [-0.3, -0.25) is 0 Å². The van der Waals surface area contributed by atoms with Crippen LogP contribution in [-0.2, 0) is 16.2 Å². The van der Waals surface area contributed by atoms with E-state index < -0.39 is 31.7 Å². The molecule has 1 atom stereocenters. The minimum absolute atomic E-state index is 0.0802. The first kappa shape index (κ1) is 17.5. The minimum atomic E-state index is -4.78. The van der Waals surface area contributed by atoms with E-state index in [1.807, 2.05) is 0 Å². The Hall–Kier alpha value is -0.830. The van der Waals surface area contributed by atoms with Crippen LogP contribution in [0.4, 0.5) is 13.2 Å². The summed E-state index contributed by atoms with van der Waals surface area (Å²) in [7, 11) is -2.54. The summed E-state index contributed by atoms with van der Waals surface area (Å²) in [5.41, 5.74) is -1.22. The molecule has 0 amide bonds. The standard InChI is InChI=1S/C13H16ClF3N2O2S/c1-18-7-9-5-6-19(8-9)22(20,21)12-10(13(15,16)17)3-2-4-11(12)14/h2-4,9,18H,5-8H2,1H3. The van der Waals surface area contributed by atoms with Crippen molar-refractivity contribution in [2.45, 2.75) is 17.5 Å². The third-order valence-corrected chi connectivity index (χ3v) is 6.01. The molecule has 1 aromatic carbocycles. The fourth-order valence-corrected chi connectivity index (χ4v) is 4.85. The second kappa shape index (κ2) is 6.35.